The number of benzene rings is 3. The van der Waals surface area contributed by atoms with E-state index in [1.807, 2.05) is 54.6 Å². The van der Waals surface area contributed by atoms with Crippen molar-refractivity contribution in [3.05, 3.63) is 101 Å². The Bertz CT molecular complexity index is 1530. The fourth-order valence-electron chi connectivity index (χ4n) is 6.61. The summed E-state index contributed by atoms with van der Waals surface area (Å²) < 4.78 is 18.4. The molecule has 3 N–H and O–H groups in total. The second-order valence-corrected chi connectivity index (χ2v) is 12.4. The van der Waals surface area contributed by atoms with E-state index in [4.69, 9.17) is 14.2 Å². The zero-order valence-corrected chi connectivity index (χ0v) is 26.4. The molecule has 3 aliphatic rings. The highest BCUT2D eigenvalue weighted by molar-refractivity contribution is 6.22. The average molecular weight is 644 g/mol. The minimum Gasteiger partial charge on any atom is -0.445 e. The molecule has 3 aromatic rings. The summed E-state index contributed by atoms with van der Waals surface area (Å²) in [6.45, 7) is 3.75. The van der Waals surface area contributed by atoms with Crippen molar-refractivity contribution in [3.63, 3.8) is 0 Å². The largest absolute Gasteiger partial charge is 0.445 e. The maximum absolute atomic E-state index is 13.2. The number of rotatable bonds is 10. The lowest BCUT2D eigenvalue weighted by atomic mass is 9.90. The number of amides is 3. The second kappa shape index (κ2) is 14.7. The molecule has 1 unspecified atom stereocenters. The average Bonchev–Trinajstić information content (AvgIpc) is 3.67. The van der Waals surface area contributed by atoms with Crippen LogP contribution >= 0.6 is 0 Å². The first kappa shape index (κ1) is 32.8. The minimum absolute atomic E-state index is 0.00546. The van der Waals surface area contributed by atoms with Gasteiger partial charge in [0.15, 0.2) is 6.29 Å². The van der Waals surface area contributed by atoms with Crippen LogP contribution in [0.3, 0.4) is 0 Å². The van der Waals surface area contributed by atoms with E-state index in [-0.39, 0.29) is 50.4 Å². The molecule has 3 saturated heterocycles. The number of ether oxygens (including phenoxy) is 3. The number of aliphatic hydroxyl groups is 2. The molecule has 0 saturated carbocycles. The highest BCUT2D eigenvalue weighted by Crippen LogP contribution is 2.42. The Labute approximate surface area is 274 Å². The number of aliphatic hydroxyl groups excluding tert-OH is 2. The highest BCUT2D eigenvalue weighted by Gasteiger charge is 2.42. The van der Waals surface area contributed by atoms with Crippen LogP contribution in [0.25, 0.3) is 0 Å². The Morgan fingerprint density at radius 2 is 1.66 bits per heavy atom. The number of nitrogens with zero attached hydrogens (tertiary/aromatic N) is 2. The number of nitrogens with one attached hydrogen (secondary N) is 1. The van der Waals surface area contributed by atoms with Gasteiger partial charge >= 0.3 is 6.09 Å². The van der Waals surface area contributed by atoms with Crippen LogP contribution in [0.2, 0.25) is 0 Å². The van der Waals surface area contributed by atoms with Crippen molar-refractivity contribution in [2.75, 3.05) is 24.6 Å². The Kier molecular flexibility index (Phi) is 10.3. The second-order valence-electron chi connectivity index (χ2n) is 12.4. The van der Waals surface area contributed by atoms with Crippen LogP contribution in [0.4, 0.5) is 10.5 Å². The summed E-state index contributed by atoms with van der Waals surface area (Å²) in [5, 5.41) is 22.0. The number of carbonyl (C=O) groups is 3. The molecular formula is C36H41N3O8. The summed E-state index contributed by atoms with van der Waals surface area (Å²) in [5.41, 5.74) is 3.69. The van der Waals surface area contributed by atoms with Crippen LogP contribution in [0.15, 0.2) is 78.9 Å². The number of hydrogen-bond acceptors (Lipinski definition) is 9. The van der Waals surface area contributed by atoms with Gasteiger partial charge in [0.25, 0.3) is 5.91 Å². The summed E-state index contributed by atoms with van der Waals surface area (Å²) in [5.74, 6) is -0.964. The highest BCUT2D eigenvalue weighted by atomic mass is 16.7. The van der Waals surface area contributed by atoms with Crippen molar-refractivity contribution in [2.45, 2.75) is 70.0 Å². The van der Waals surface area contributed by atoms with Gasteiger partial charge in [-0.25, -0.2) is 9.69 Å². The fourth-order valence-corrected chi connectivity index (χ4v) is 6.61. The molecule has 3 aliphatic heterocycles. The molecule has 3 fully saturated rings. The lowest BCUT2D eigenvalue weighted by Crippen LogP contribution is -2.46. The first-order chi connectivity index (χ1) is 22.8. The smallest absolute Gasteiger partial charge is 0.408 e. The van der Waals surface area contributed by atoms with E-state index in [0.29, 0.717) is 12.2 Å². The summed E-state index contributed by atoms with van der Waals surface area (Å²) in [6, 6.07) is 22.9. The Morgan fingerprint density at radius 1 is 0.936 bits per heavy atom. The molecule has 0 aromatic heterocycles. The van der Waals surface area contributed by atoms with Crippen LogP contribution in [-0.2, 0) is 37.0 Å². The van der Waals surface area contributed by atoms with Crippen LogP contribution in [0.5, 0.6) is 0 Å². The van der Waals surface area contributed by atoms with Gasteiger partial charge in [0.05, 0.1) is 37.5 Å². The minimum atomic E-state index is -1.02. The first-order valence-corrected chi connectivity index (χ1v) is 16.1. The van der Waals surface area contributed by atoms with Crippen LogP contribution < -0.4 is 10.2 Å². The number of imide groups is 1. The van der Waals surface area contributed by atoms with Crippen molar-refractivity contribution in [2.24, 2.45) is 5.92 Å². The number of carbonyl (C=O) groups excluding carboxylic acids is 3. The van der Waals surface area contributed by atoms with E-state index in [1.54, 1.807) is 24.3 Å². The van der Waals surface area contributed by atoms with E-state index < -0.39 is 30.2 Å². The third-order valence-corrected chi connectivity index (χ3v) is 9.32. The Morgan fingerprint density at radius 3 is 2.36 bits per heavy atom. The molecule has 0 spiro atoms. The van der Waals surface area contributed by atoms with Gasteiger partial charge in [0.1, 0.15) is 12.6 Å². The van der Waals surface area contributed by atoms with Crippen molar-refractivity contribution < 1.29 is 38.8 Å². The molecule has 6 rings (SSSR count). The molecule has 3 heterocycles. The molecule has 0 aliphatic carbocycles. The quantitative estimate of drug-likeness (QED) is 0.280. The van der Waals surface area contributed by atoms with Gasteiger partial charge in [0, 0.05) is 24.1 Å². The Balaban J connectivity index is 1.15. The number of anilines is 1. The SMILES string of the molecule is C[C@H]1[C@@H](CN2CCC[C@H]2CO)O[C@@H](c2ccc(N3C(=O)CC(NC(=O)OCc4ccccc4)C3=O)cc2)O[C@H]1c1ccc(CO)cc1. The van der Waals surface area contributed by atoms with Crippen LogP contribution in [-0.4, -0.2) is 70.9 Å². The fraction of sp³-hybridized carbons (Fsp3) is 0.417. The molecule has 6 atom stereocenters. The topological polar surface area (TPSA) is 138 Å². The molecule has 0 bridgehead atoms. The van der Waals surface area contributed by atoms with E-state index in [2.05, 4.69) is 17.1 Å². The van der Waals surface area contributed by atoms with Gasteiger partial charge in [-0.2, -0.15) is 0 Å². The molecule has 3 amide bonds. The predicted octanol–water partition coefficient (Wildman–Crippen LogP) is 3.99. The van der Waals surface area contributed by atoms with Crippen LogP contribution in [0, 0.1) is 5.92 Å². The van der Waals surface area contributed by atoms with Gasteiger partial charge in [-0.15, -0.1) is 0 Å². The van der Waals surface area contributed by atoms with Gasteiger partial charge in [-0.1, -0.05) is 73.7 Å². The van der Waals surface area contributed by atoms with Gasteiger partial charge in [-0.05, 0) is 48.2 Å². The molecule has 248 valence electrons. The predicted molar refractivity (Wildman–Crippen MR) is 172 cm³/mol. The van der Waals surface area contributed by atoms with Crippen LogP contribution in [0.1, 0.15) is 60.8 Å². The molecule has 11 heteroatoms. The molecule has 11 nitrogen and oxygen atoms in total. The first-order valence-electron chi connectivity index (χ1n) is 16.1. The zero-order valence-electron chi connectivity index (χ0n) is 26.4. The van der Waals surface area contributed by atoms with Gasteiger partial charge < -0.3 is 29.7 Å². The lowest BCUT2D eigenvalue weighted by molar-refractivity contribution is -0.276. The maximum atomic E-state index is 13.2. The summed E-state index contributed by atoms with van der Waals surface area (Å²) in [6.07, 6.45) is -0.176. The third kappa shape index (κ3) is 7.39. The van der Waals surface area contributed by atoms with Crippen molar-refractivity contribution in [3.8, 4) is 0 Å². The summed E-state index contributed by atoms with van der Waals surface area (Å²) in [4.78, 5) is 41.8. The normalized spacial score (nSPS) is 26.5. The number of hydrogen-bond donors (Lipinski definition) is 3. The standard InChI is InChI=1S/C36H41N3O8/c1-23-31(19-38-17-5-8-29(38)21-41)46-35(47-33(23)26-11-9-24(20-40)10-12-26)27-13-15-28(16-14-27)39-32(42)18-30(34(39)43)37-36(44)45-22-25-6-3-2-4-7-25/h2-4,6-7,9-16,23,29-31,33,35,40-41H,5,8,17-22H2,1H3,(H,37,44)/t23-,29-,30?,31+,33+,35+/m0/s1. The van der Waals surface area contributed by atoms with Crippen molar-refractivity contribution in [1.82, 2.24) is 10.2 Å². The number of likely N-dealkylation sites (tertiary alicyclic amines) is 1. The van der Waals surface area contributed by atoms with Crippen molar-refractivity contribution >= 4 is 23.6 Å². The monoisotopic (exact) mass is 643 g/mol. The molecular weight excluding hydrogens is 602 g/mol. The zero-order chi connectivity index (χ0) is 32.9. The van der Waals surface area contributed by atoms with E-state index >= 15 is 0 Å². The summed E-state index contributed by atoms with van der Waals surface area (Å²) >= 11 is 0. The van der Waals surface area contributed by atoms with Gasteiger partial charge in [-0.3, -0.25) is 14.5 Å². The maximum Gasteiger partial charge on any atom is 0.408 e. The number of alkyl carbamates (subject to hydrolysis) is 1. The molecule has 3 aromatic carbocycles. The third-order valence-electron chi connectivity index (χ3n) is 9.32. The molecule has 0 radical (unpaired) electrons. The van der Waals surface area contributed by atoms with Gasteiger partial charge in [0.2, 0.25) is 5.91 Å². The van der Waals surface area contributed by atoms with E-state index in [9.17, 15) is 24.6 Å². The van der Waals surface area contributed by atoms with Crippen molar-refractivity contribution in [1.29, 1.82) is 0 Å². The summed E-state index contributed by atoms with van der Waals surface area (Å²) in [7, 11) is 0. The molecule has 47 heavy (non-hydrogen) atoms. The lowest BCUT2D eigenvalue weighted by Gasteiger charge is -2.43. The Hall–Kier alpha value is -4.13. The van der Waals surface area contributed by atoms with E-state index in [0.717, 1.165) is 46.5 Å². The van der Waals surface area contributed by atoms with E-state index in [1.165, 1.54) is 0 Å².